The quantitative estimate of drug-likeness (QED) is 0.541. The molecule has 0 atom stereocenters. The lowest BCUT2D eigenvalue weighted by atomic mass is 10.2. The van der Waals surface area contributed by atoms with Crippen molar-refractivity contribution in [2.45, 2.75) is 0 Å². The molecule has 0 heterocycles. The van der Waals surface area contributed by atoms with Gasteiger partial charge in [-0.25, -0.2) is 4.79 Å². The fourth-order valence-electron chi connectivity index (χ4n) is 0.978. The molecule has 0 saturated carbocycles. The van der Waals surface area contributed by atoms with Gasteiger partial charge in [0.05, 0.1) is 5.56 Å². The standard InChI is InChI=1S/C11H15NO2.B/c1-12(2)8-9-14-11(13)10-6-4-3-5-7-10;/h3-7H,8-9H2,1-2H3;. The highest BCUT2D eigenvalue weighted by molar-refractivity contribution is 5.89. The number of ether oxygens (including phenoxy) is 1. The molecule has 0 saturated heterocycles. The predicted octanol–water partition coefficient (Wildman–Crippen LogP) is 1.02. The maximum atomic E-state index is 11.4. The second-order valence-electron chi connectivity index (χ2n) is 3.31. The summed E-state index contributed by atoms with van der Waals surface area (Å²) in [7, 11) is 3.88. The van der Waals surface area contributed by atoms with Crippen LogP contribution in [-0.2, 0) is 4.74 Å². The molecule has 0 amide bonds. The summed E-state index contributed by atoms with van der Waals surface area (Å²) in [5.41, 5.74) is 0.603. The molecule has 3 nitrogen and oxygen atoms in total. The third-order valence-corrected chi connectivity index (χ3v) is 1.78. The van der Waals surface area contributed by atoms with Crippen molar-refractivity contribution in [2.75, 3.05) is 27.2 Å². The van der Waals surface area contributed by atoms with E-state index in [9.17, 15) is 4.79 Å². The van der Waals surface area contributed by atoms with Crippen LogP contribution in [0.3, 0.4) is 0 Å². The van der Waals surface area contributed by atoms with Crippen LogP contribution < -0.4 is 0 Å². The van der Waals surface area contributed by atoms with E-state index in [-0.39, 0.29) is 14.4 Å². The van der Waals surface area contributed by atoms with E-state index >= 15 is 0 Å². The highest BCUT2D eigenvalue weighted by Crippen LogP contribution is 2.00. The number of rotatable bonds is 4. The van der Waals surface area contributed by atoms with E-state index < -0.39 is 0 Å². The largest absolute Gasteiger partial charge is 0.461 e. The zero-order valence-electron chi connectivity index (χ0n) is 9.14. The van der Waals surface area contributed by atoms with Crippen molar-refractivity contribution in [3.63, 3.8) is 0 Å². The van der Waals surface area contributed by atoms with Crippen LogP contribution in [-0.4, -0.2) is 46.5 Å². The first kappa shape index (κ1) is 13.7. The van der Waals surface area contributed by atoms with Crippen molar-refractivity contribution >= 4 is 14.4 Å². The summed E-state index contributed by atoms with van der Waals surface area (Å²) in [5.74, 6) is -0.257. The fourth-order valence-corrected chi connectivity index (χ4v) is 0.978. The Labute approximate surface area is 92.6 Å². The molecule has 3 radical (unpaired) electrons. The molecule has 0 spiro atoms. The van der Waals surface area contributed by atoms with Gasteiger partial charge < -0.3 is 9.64 Å². The first-order valence-corrected chi connectivity index (χ1v) is 4.57. The van der Waals surface area contributed by atoms with Crippen LogP contribution >= 0.6 is 0 Å². The number of carbonyl (C=O) groups is 1. The maximum absolute atomic E-state index is 11.4. The Kier molecular flexibility index (Phi) is 6.46. The Morgan fingerprint density at radius 2 is 1.87 bits per heavy atom. The summed E-state index contributed by atoms with van der Waals surface area (Å²) in [5, 5.41) is 0. The molecule has 4 heteroatoms. The number of carbonyl (C=O) groups excluding carboxylic acids is 1. The molecule has 1 aromatic rings. The lowest BCUT2D eigenvalue weighted by Gasteiger charge is -2.09. The van der Waals surface area contributed by atoms with Crippen LogP contribution in [0.2, 0.25) is 0 Å². The lowest BCUT2D eigenvalue weighted by Crippen LogP contribution is -2.20. The van der Waals surface area contributed by atoms with Gasteiger partial charge in [0.25, 0.3) is 0 Å². The first-order valence-electron chi connectivity index (χ1n) is 4.57. The fraction of sp³-hybridized carbons (Fsp3) is 0.364. The minimum atomic E-state index is -0.257. The molecular weight excluding hydrogens is 189 g/mol. The molecule has 0 bridgehead atoms. The van der Waals surface area contributed by atoms with Gasteiger partial charge in [-0.2, -0.15) is 0 Å². The number of benzene rings is 1. The second kappa shape index (κ2) is 7.07. The smallest absolute Gasteiger partial charge is 0.338 e. The zero-order chi connectivity index (χ0) is 10.4. The van der Waals surface area contributed by atoms with Crippen LogP contribution in [0.1, 0.15) is 10.4 Å². The number of hydrogen-bond acceptors (Lipinski definition) is 3. The molecule has 79 valence electrons. The Morgan fingerprint density at radius 1 is 1.27 bits per heavy atom. The van der Waals surface area contributed by atoms with Crippen LogP contribution in [0.5, 0.6) is 0 Å². The van der Waals surface area contributed by atoms with Gasteiger partial charge in [-0.15, -0.1) is 0 Å². The predicted molar refractivity (Wildman–Crippen MR) is 61.0 cm³/mol. The van der Waals surface area contributed by atoms with E-state index in [1.165, 1.54) is 0 Å². The molecule has 0 N–H and O–H groups in total. The van der Waals surface area contributed by atoms with Crippen LogP contribution in [0, 0.1) is 0 Å². The van der Waals surface area contributed by atoms with Gasteiger partial charge in [0, 0.05) is 15.0 Å². The van der Waals surface area contributed by atoms with Crippen LogP contribution in [0.15, 0.2) is 30.3 Å². The third kappa shape index (κ3) is 5.22. The van der Waals surface area contributed by atoms with Gasteiger partial charge in [0.2, 0.25) is 0 Å². The highest BCUT2D eigenvalue weighted by atomic mass is 16.5. The Hall–Kier alpha value is -1.29. The molecular formula is C11H15BNO2. The molecule has 0 fully saturated rings. The molecule has 15 heavy (non-hydrogen) atoms. The zero-order valence-corrected chi connectivity index (χ0v) is 9.14. The van der Waals surface area contributed by atoms with Crippen molar-refractivity contribution < 1.29 is 9.53 Å². The van der Waals surface area contributed by atoms with E-state index in [1.807, 2.05) is 37.2 Å². The van der Waals surface area contributed by atoms with Gasteiger partial charge in [-0.05, 0) is 26.2 Å². The van der Waals surface area contributed by atoms with Crippen molar-refractivity contribution in [3.05, 3.63) is 35.9 Å². The van der Waals surface area contributed by atoms with E-state index in [2.05, 4.69) is 0 Å². The van der Waals surface area contributed by atoms with Gasteiger partial charge in [0.1, 0.15) is 6.61 Å². The Morgan fingerprint density at radius 3 is 2.40 bits per heavy atom. The Balaban J connectivity index is 0.00000196. The van der Waals surface area contributed by atoms with Gasteiger partial charge in [0.15, 0.2) is 0 Å². The molecule has 1 aromatic carbocycles. The van der Waals surface area contributed by atoms with Crippen LogP contribution in [0.25, 0.3) is 0 Å². The van der Waals surface area contributed by atoms with Crippen molar-refractivity contribution in [1.82, 2.24) is 4.90 Å². The number of likely N-dealkylation sites (N-methyl/N-ethyl adjacent to an activating group) is 1. The van der Waals surface area contributed by atoms with Gasteiger partial charge in [-0.3, -0.25) is 0 Å². The van der Waals surface area contributed by atoms with Gasteiger partial charge in [-0.1, -0.05) is 18.2 Å². The van der Waals surface area contributed by atoms with Crippen molar-refractivity contribution in [1.29, 1.82) is 0 Å². The monoisotopic (exact) mass is 204 g/mol. The van der Waals surface area contributed by atoms with Crippen molar-refractivity contribution in [3.8, 4) is 0 Å². The minimum Gasteiger partial charge on any atom is -0.461 e. The molecule has 0 aliphatic carbocycles. The highest BCUT2D eigenvalue weighted by Gasteiger charge is 2.04. The molecule has 0 aromatic heterocycles. The third-order valence-electron chi connectivity index (χ3n) is 1.78. The average molecular weight is 204 g/mol. The van der Waals surface area contributed by atoms with Crippen LogP contribution in [0.4, 0.5) is 0 Å². The van der Waals surface area contributed by atoms with E-state index in [1.54, 1.807) is 12.1 Å². The van der Waals surface area contributed by atoms with E-state index in [0.717, 1.165) is 6.54 Å². The summed E-state index contributed by atoms with van der Waals surface area (Å²) < 4.78 is 5.06. The number of hydrogen-bond donors (Lipinski definition) is 0. The molecule has 0 unspecified atom stereocenters. The molecule has 0 aliphatic rings. The van der Waals surface area contributed by atoms with Crippen molar-refractivity contribution in [2.24, 2.45) is 0 Å². The summed E-state index contributed by atoms with van der Waals surface area (Å²) in [4.78, 5) is 13.4. The Bertz CT molecular complexity index is 288. The van der Waals surface area contributed by atoms with E-state index in [0.29, 0.717) is 12.2 Å². The SMILES string of the molecule is CN(C)CCOC(=O)c1ccccc1.[B]. The summed E-state index contributed by atoms with van der Waals surface area (Å²) in [6, 6.07) is 9.01. The topological polar surface area (TPSA) is 29.5 Å². The number of nitrogens with zero attached hydrogens (tertiary/aromatic N) is 1. The summed E-state index contributed by atoms with van der Waals surface area (Å²) in [6.45, 7) is 1.18. The summed E-state index contributed by atoms with van der Waals surface area (Å²) >= 11 is 0. The lowest BCUT2D eigenvalue weighted by molar-refractivity contribution is 0.0482. The number of esters is 1. The molecule has 0 aliphatic heterocycles. The minimum absolute atomic E-state index is 0. The van der Waals surface area contributed by atoms with Gasteiger partial charge >= 0.3 is 5.97 Å². The van der Waals surface area contributed by atoms with E-state index in [4.69, 9.17) is 4.74 Å². The first-order chi connectivity index (χ1) is 6.70. The molecule has 1 rings (SSSR count). The maximum Gasteiger partial charge on any atom is 0.338 e. The normalized spacial score (nSPS) is 9.53. The summed E-state index contributed by atoms with van der Waals surface area (Å²) in [6.07, 6.45) is 0. The average Bonchev–Trinajstić information content (AvgIpc) is 2.18. The second-order valence-corrected chi connectivity index (χ2v) is 3.31.